The van der Waals surface area contributed by atoms with Gasteiger partial charge in [-0.05, 0) is 43.2 Å². The first-order chi connectivity index (χ1) is 13.5. The van der Waals surface area contributed by atoms with Gasteiger partial charge in [-0.1, -0.05) is 23.5 Å². The third kappa shape index (κ3) is 3.73. The van der Waals surface area contributed by atoms with Crippen LogP contribution in [0.3, 0.4) is 0 Å². The third-order valence-corrected chi connectivity index (χ3v) is 5.81. The zero-order valence-electron chi connectivity index (χ0n) is 14.8. The average molecular weight is 401 g/mol. The van der Waals surface area contributed by atoms with Crippen LogP contribution < -0.4 is 5.32 Å². The number of para-hydroxylation sites is 1. The molecule has 0 radical (unpaired) electrons. The third-order valence-electron chi connectivity index (χ3n) is 4.85. The minimum atomic E-state index is -0.720. The second-order valence-electron chi connectivity index (χ2n) is 6.67. The number of rotatable bonds is 3. The largest absolute Gasteiger partial charge is 0.324 e. The number of hydrogen-bond donors (Lipinski definition) is 1. The van der Waals surface area contributed by atoms with E-state index in [4.69, 9.17) is 0 Å². The van der Waals surface area contributed by atoms with Gasteiger partial charge in [0.05, 0.1) is 15.8 Å². The SMILES string of the molecule is O=C(c1cc(F)ccc1F)C1CCN(C(=O)Nc2nc3ccccc3s2)CC1. The Morgan fingerprint density at radius 3 is 2.61 bits per heavy atom. The monoisotopic (exact) mass is 401 g/mol. The van der Waals surface area contributed by atoms with Gasteiger partial charge in [-0.3, -0.25) is 10.1 Å². The van der Waals surface area contributed by atoms with Crippen LogP contribution in [-0.4, -0.2) is 34.8 Å². The fourth-order valence-corrected chi connectivity index (χ4v) is 4.20. The molecule has 1 fully saturated rings. The summed E-state index contributed by atoms with van der Waals surface area (Å²) in [5.41, 5.74) is 0.599. The highest BCUT2D eigenvalue weighted by molar-refractivity contribution is 7.22. The van der Waals surface area contributed by atoms with Gasteiger partial charge in [0.25, 0.3) is 0 Å². The molecule has 0 unspecified atom stereocenters. The summed E-state index contributed by atoms with van der Waals surface area (Å²) >= 11 is 1.39. The highest BCUT2D eigenvalue weighted by Gasteiger charge is 2.29. The van der Waals surface area contributed by atoms with Crippen molar-refractivity contribution in [2.24, 2.45) is 5.92 Å². The van der Waals surface area contributed by atoms with Crippen molar-refractivity contribution in [1.29, 1.82) is 0 Å². The van der Waals surface area contributed by atoms with Gasteiger partial charge in [0.1, 0.15) is 11.6 Å². The van der Waals surface area contributed by atoms with Crippen LogP contribution in [0.25, 0.3) is 10.2 Å². The summed E-state index contributed by atoms with van der Waals surface area (Å²) in [7, 11) is 0. The molecule has 1 N–H and O–H groups in total. The van der Waals surface area contributed by atoms with E-state index in [2.05, 4.69) is 10.3 Å². The Morgan fingerprint density at radius 2 is 1.86 bits per heavy atom. The number of anilines is 1. The molecule has 0 saturated carbocycles. The molecule has 8 heteroatoms. The number of ketones is 1. The Bertz CT molecular complexity index is 1010. The first kappa shape index (κ1) is 18.5. The average Bonchev–Trinajstić information content (AvgIpc) is 3.11. The number of benzene rings is 2. The molecular formula is C20H17F2N3O2S. The van der Waals surface area contributed by atoms with Crippen molar-refractivity contribution >= 4 is 38.5 Å². The zero-order valence-corrected chi connectivity index (χ0v) is 15.6. The van der Waals surface area contributed by atoms with Crippen LogP contribution in [0.5, 0.6) is 0 Å². The molecular weight excluding hydrogens is 384 g/mol. The molecule has 144 valence electrons. The summed E-state index contributed by atoms with van der Waals surface area (Å²) in [5, 5.41) is 3.31. The highest BCUT2D eigenvalue weighted by atomic mass is 32.1. The minimum absolute atomic E-state index is 0.225. The molecule has 2 amide bonds. The molecule has 2 aromatic carbocycles. The van der Waals surface area contributed by atoms with E-state index < -0.39 is 23.3 Å². The normalized spacial score (nSPS) is 15.0. The van der Waals surface area contributed by atoms with E-state index in [0.29, 0.717) is 31.1 Å². The predicted octanol–water partition coefficient (Wildman–Crippen LogP) is 4.70. The minimum Gasteiger partial charge on any atom is -0.324 e. The van der Waals surface area contributed by atoms with Crippen LogP contribution >= 0.6 is 11.3 Å². The lowest BCUT2D eigenvalue weighted by atomic mass is 9.88. The summed E-state index contributed by atoms with van der Waals surface area (Å²) in [6.45, 7) is 0.730. The Hall–Kier alpha value is -2.87. The molecule has 2 heterocycles. The van der Waals surface area contributed by atoms with Crippen LogP contribution in [-0.2, 0) is 0 Å². The smallest absolute Gasteiger partial charge is 0.323 e. The number of nitrogens with zero attached hydrogens (tertiary/aromatic N) is 2. The van der Waals surface area contributed by atoms with E-state index >= 15 is 0 Å². The Morgan fingerprint density at radius 1 is 1.11 bits per heavy atom. The fourth-order valence-electron chi connectivity index (χ4n) is 3.35. The number of Topliss-reactive ketones (excluding diaryl/α,β-unsaturated/α-hetero) is 1. The summed E-state index contributed by atoms with van der Waals surface area (Å²) in [5.74, 6) is -2.20. The number of thiazole rings is 1. The first-order valence-corrected chi connectivity index (χ1v) is 9.73. The van der Waals surface area contributed by atoms with Crippen LogP contribution in [0, 0.1) is 17.6 Å². The quantitative estimate of drug-likeness (QED) is 0.647. The van der Waals surface area contributed by atoms with Crippen molar-refractivity contribution in [3.63, 3.8) is 0 Å². The molecule has 1 saturated heterocycles. The van der Waals surface area contributed by atoms with Crippen LogP contribution in [0.4, 0.5) is 18.7 Å². The number of fused-ring (bicyclic) bond motifs is 1. The van der Waals surface area contributed by atoms with Crippen molar-refractivity contribution in [1.82, 2.24) is 9.88 Å². The number of carbonyl (C=O) groups excluding carboxylic acids is 2. The molecule has 0 bridgehead atoms. The van der Waals surface area contributed by atoms with E-state index in [1.807, 2.05) is 24.3 Å². The van der Waals surface area contributed by atoms with E-state index in [-0.39, 0.29) is 11.6 Å². The number of nitrogens with one attached hydrogen (secondary N) is 1. The summed E-state index contributed by atoms with van der Waals surface area (Å²) in [4.78, 5) is 31.0. The Labute approximate surface area is 164 Å². The van der Waals surface area contributed by atoms with Gasteiger partial charge in [0, 0.05) is 19.0 Å². The van der Waals surface area contributed by atoms with Crippen LogP contribution in [0.15, 0.2) is 42.5 Å². The predicted molar refractivity (Wildman–Crippen MR) is 104 cm³/mol. The number of aromatic nitrogens is 1. The number of piperidine rings is 1. The second kappa shape index (κ2) is 7.63. The molecule has 5 nitrogen and oxygen atoms in total. The number of amides is 2. The van der Waals surface area contributed by atoms with Crippen molar-refractivity contribution in [2.75, 3.05) is 18.4 Å². The Kier molecular flexibility index (Phi) is 5.04. The lowest BCUT2D eigenvalue weighted by molar-refractivity contribution is 0.0854. The molecule has 1 aliphatic heterocycles. The maximum atomic E-state index is 13.8. The van der Waals surface area contributed by atoms with Gasteiger partial charge in [0.15, 0.2) is 10.9 Å². The molecule has 0 atom stereocenters. The molecule has 0 aliphatic carbocycles. The van der Waals surface area contributed by atoms with Crippen molar-refractivity contribution in [3.8, 4) is 0 Å². The van der Waals surface area contributed by atoms with Crippen molar-refractivity contribution < 1.29 is 18.4 Å². The summed E-state index contributed by atoms with van der Waals surface area (Å²) < 4.78 is 28.2. The molecule has 1 aromatic heterocycles. The summed E-state index contributed by atoms with van der Waals surface area (Å²) in [6.07, 6.45) is 0.810. The topological polar surface area (TPSA) is 62.3 Å². The number of hydrogen-bond acceptors (Lipinski definition) is 4. The number of urea groups is 1. The van der Waals surface area contributed by atoms with E-state index in [1.165, 1.54) is 11.3 Å². The van der Waals surface area contributed by atoms with Gasteiger partial charge >= 0.3 is 6.03 Å². The molecule has 1 aliphatic rings. The molecule has 3 aromatic rings. The van der Waals surface area contributed by atoms with E-state index in [9.17, 15) is 18.4 Å². The van der Waals surface area contributed by atoms with Gasteiger partial charge < -0.3 is 4.90 Å². The lowest BCUT2D eigenvalue weighted by Gasteiger charge is -2.31. The van der Waals surface area contributed by atoms with Gasteiger partial charge in [-0.2, -0.15) is 0 Å². The molecule has 4 rings (SSSR count). The fraction of sp³-hybridized carbons (Fsp3) is 0.250. The van der Waals surface area contributed by atoms with Crippen molar-refractivity contribution in [2.45, 2.75) is 12.8 Å². The second-order valence-corrected chi connectivity index (χ2v) is 7.70. The molecule has 28 heavy (non-hydrogen) atoms. The maximum absolute atomic E-state index is 13.8. The maximum Gasteiger partial charge on any atom is 0.323 e. The van der Waals surface area contributed by atoms with E-state index in [1.54, 1.807) is 4.90 Å². The number of halogens is 2. The van der Waals surface area contributed by atoms with Crippen molar-refractivity contribution in [3.05, 3.63) is 59.7 Å². The lowest BCUT2D eigenvalue weighted by Crippen LogP contribution is -2.42. The highest BCUT2D eigenvalue weighted by Crippen LogP contribution is 2.27. The zero-order chi connectivity index (χ0) is 19.7. The first-order valence-electron chi connectivity index (χ1n) is 8.92. The van der Waals surface area contributed by atoms with Crippen LogP contribution in [0.2, 0.25) is 0 Å². The number of likely N-dealkylation sites (tertiary alicyclic amines) is 1. The van der Waals surface area contributed by atoms with Gasteiger partial charge in [-0.15, -0.1) is 0 Å². The molecule has 0 spiro atoms. The standard InChI is InChI=1S/C20H17F2N3O2S/c21-13-5-6-15(22)14(11-13)18(26)12-7-9-25(10-8-12)20(27)24-19-23-16-3-1-2-4-17(16)28-19/h1-6,11-12H,7-10H2,(H,23,24,27). The van der Waals surface area contributed by atoms with Gasteiger partial charge in [-0.25, -0.2) is 18.6 Å². The van der Waals surface area contributed by atoms with Crippen LogP contribution in [0.1, 0.15) is 23.2 Å². The summed E-state index contributed by atoms with van der Waals surface area (Å²) in [6, 6.07) is 10.2. The van der Waals surface area contributed by atoms with Gasteiger partial charge in [0.2, 0.25) is 0 Å². The number of carbonyl (C=O) groups is 2. The van der Waals surface area contributed by atoms with E-state index in [0.717, 1.165) is 28.4 Å². The Balaban J connectivity index is 1.37.